The topological polar surface area (TPSA) is 72.4 Å². The van der Waals surface area contributed by atoms with Crippen molar-refractivity contribution in [1.29, 1.82) is 0 Å². The van der Waals surface area contributed by atoms with Gasteiger partial charge in [-0.2, -0.15) is 9.40 Å². The Kier molecular flexibility index (Phi) is 4.42. The first-order chi connectivity index (χ1) is 10.6. The third-order valence-corrected chi connectivity index (χ3v) is 6.73. The van der Waals surface area contributed by atoms with Gasteiger partial charge < -0.3 is 4.74 Å². The summed E-state index contributed by atoms with van der Waals surface area (Å²) in [5.74, 6) is 0.436. The monoisotopic (exact) mass is 339 g/mol. The Balaban J connectivity index is 1.70. The molecule has 1 atom stereocenters. The van der Waals surface area contributed by atoms with E-state index in [1.165, 1.54) is 15.6 Å². The van der Waals surface area contributed by atoms with E-state index in [9.17, 15) is 8.42 Å². The van der Waals surface area contributed by atoms with Crippen LogP contribution in [0.2, 0.25) is 0 Å². The first-order valence-corrected chi connectivity index (χ1v) is 9.38. The predicted molar refractivity (Wildman–Crippen MR) is 83.5 cm³/mol. The van der Waals surface area contributed by atoms with E-state index >= 15 is 0 Å². The second-order valence-corrected chi connectivity index (χ2v) is 8.30. The van der Waals surface area contributed by atoms with E-state index in [1.807, 2.05) is 13.0 Å². The third-order valence-electron chi connectivity index (χ3n) is 3.49. The van der Waals surface area contributed by atoms with Crippen LogP contribution in [0.1, 0.15) is 18.5 Å². The highest BCUT2D eigenvalue weighted by atomic mass is 32.2. The first kappa shape index (κ1) is 15.4. The largest absolute Gasteiger partial charge is 0.472 e. The number of thiophene rings is 1. The van der Waals surface area contributed by atoms with Crippen molar-refractivity contribution in [1.82, 2.24) is 14.5 Å². The number of sulfonamides is 1. The van der Waals surface area contributed by atoms with Gasteiger partial charge >= 0.3 is 0 Å². The van der Waals surface area contributed by atoms with Crippen molar-refractivity contribution in [3.63, 3.8) is 0 Å². The van der Waals surface area contributed by atoms with Crippen LogP contribution >= 0.6 is 11.3 Å². The van der Waals surface area contributed by atoms with Crippen molar-refractivity contribution in [2.75, 3.05) is 13.1 Å². The molecule has 0 N–H and O–H groups in total. The highest BCUT2D eigenvalue weighted by Gasteiger charge is 2.31. The zero-order chi connectivity index (χ0) is 15.6. The summed E-state index contributed by atoms with van der Waals surface area (Å²) >= 11 is 1.24. The molecular weight excluding hydrogens is 322 g/mol. The van der Waals surface area contributed by atoms with Crippen LogP contribution in [0.15, 0.2) is 33.9 Å². The van der Waals surface area contributed by atoms with Gasteiger partial charge in [0.05, 0.1) is 12.2 Å². The third kappa shape index (κ3) is 3.29. The van der Waals surface area contributed by atoms with Gasteiger partial charge in [0.2, 0.25) is 5.88 Å². The first-order valence-electron chi connectivity index (χ1n) is 7.06. The normalized spacial score (nSPS) is 20.0. The van der Waals surface area contributed by atoms with Gasteiger partial charge in [0, 0.05) is 12.6 Å². The Morgan fingerprint density at radius 3 is 2.86 bits per heavy atom. The number of aromatic nitrogens is 2. The fourth-order valence-electron chi connectivity index (χ4n) is 2.38. The Morgan fingerprint density at radius 1 is 1.32 bits per heavy atom. The van der Waals surface area contributed by atoms with Gasteiger partial charge in [-0.25, -0.2) is 8.42 Å². The quantitative estimate of drug-likeness (QED) is 0.853. The Labute approximate surface area is 133 Å². The molecule has 22 heavy (non-hydrogen) atoms. The van der Waals surface area contributed by atoms with Crippen LogP contribution in [-0.4, -0.2) is 42.1 Å². The highest BCUT2D eigenvalue weighted by molar-refractivity contribution is 7.91. The summed E-state index contributed by atoms with van der Waals surface area (Å²) in [5.41, 5.74) is 0.817. The van der Waals surface area contributed by atoms with E-state index in [1.54, 1.807) is 23.6 Å². The summed E-state index contributed by atoms with van der Waals surface area (Å²) in [7, 11) is -3.41. The fourth-order valence-corrected chi connectivity index (χ4v) is 5.03. The maximum absolute atomic E-state index is 12.5. The van der Waals surface area contributed by atoms with Crippen LogP contribution in [0.4, 0.5) is 0 Å². The second-order valence-electron chi connectivity index (χ2n) is 5.19. The second kappa shape index (κ2) is 6.31. The van der Waals surface area contributed by atoms with E-state index < -0.39 is 10.0 Å². The molecule has 0 unspecified atom stereocenters. The van der Waals surface area contributed by atoms with E-state index in [0.717, 1.165) is 18.5 Å². The Bertz CT molecular complexity index is 714. The van der Waals surface area contributed by atoms with Crippen LogP contribution in [0.5, 0.6) is 5.88 Å². The molecule has 0 saturated carbocycles. The lowest BCUT2D eigenvalue weighted by Gasteiger charge is -2.31. The van der Waals surface area contributed by atoms with Crippen molar-refractivity contribution in [3.05, 3.63) is 35.3 Å². The molecule has 2 aromatic rings. The molecule has 1 aliphatic rings. The smallest absolute Gasteiger partial charge is 0.252 e. The molecule has 3 heterocycles. The van der Waals surface area contributed by atoms with Crippen LogP contribution < -0.4 is 4.74 Å². The van der Waals surface area contributed by atoms with E-state index in [2.05, 4.69) is 10.2 Å². The summed E-state index contributed by atoms with van der Waals surface area (Å²) in [6.07, 6.45) is 1.39. The van der Waals surface area contributed by atoms with Crippen LogP contribution in [0.3, 0.4) is 0 Å². The number of rotatable bonds is 4. The molecule has 0 amide bonds. The SMILES string of the molecule is Cc1ccc(O[C@H]2CCCN(S(=O)(=O)c3cccs3)C2)nn1. The van der Waals surface area contributed by atoms with Crippen molar-refractivity contribution >= 4 is 21.4 Å². The van der Waals surface area contributed by atoms with Gasteiger partial charge in [0.25, 0.3) is 10.0 Å². The fraction of sp³-hybridized carbons (Fsp3) is 0.429. The van der Waals surface area contributed by atoms with E-state index in [0.29, 0.717) is 23.2 Å². The molecule has 1 saturated heterocycles. The summed E-state index contributed by atoms with van der Waals surface area (Å²) in [4.78, 5) is 0. The number of ether oxygens (including phenoxy) is 1. The lowest BCUT2D eigenvalue weighted by atomic mass is 10.1. The molecule has 0 bridgehead atoms. The standard InChI is InChI=1S/C14H17N3O3S2/c1-11-6-7-13(16-15-11)20-12-4-2-8-17(10-12)22(18,19)14-5-3-9-21-14/h3,5-7,9,12H,2,4,8,10H2,1H3/t12-/m0/s1. The molecule has 6 nitrogen and oxygen atoms in total. The number of nitrogens with zero attached hydrogens (tertiary/aromatic N) is 3. The molecule has 1 aliphatic heterocycles. The van der Waals surface area contributed by atoms with Gasteiger partial charge in [-0.15, -0.1) is 16.4 Å². The van der Waals surface area contributed by atoms with Gasteiger partial charge in [0.1, 0.15) is 10.3 Å². The minimum atomic E-state index is -3.41. The maximum atomic E-state index is 12.5. The van der Waals surface area contributed by atoms with Crippen LogP contribution in [0.25, 0.3) is 0 Å². The molecule has 2 aromatic heterocycles. The van der Waals surface area contributed by atoms with Gasteiger partial charge in [-0.1, -0.05) is 6.07 Å². The Hall–Kier alpha value is -1.51. The number of piperidine rings is 1. The van der Waals surface area contributed by atoms with Crippen molar-refractivity contribution in [3.8, 4) is 5.88 Å². The molecule has 1 fully saturated rings. The average Bonchev–Trinajstić information content (AvgIpc) is 3.05. The van der Waals surface area contributed by atoms with E-state index in [4.69, 9.17) is 4.74 Å². The number of hydrogen-bond donors (Lipinski definition) is 0. The number of aryl methyl sites for hydroxylation is 1. The van der Waals surface area contributed by atoms with Gasteiger partial charge in [-0.3, -0.25) is 0 Å². The molecule has 8 heteroatoms. The average molecular weight is 339 g/mol. The summed E-state index contributed by atoms with van der Waals surface area (Å²) < 4.78 is 32.7. The summed E-state index contributed by atoms with van der Waals surface area (Å²) in [5, 5.41) is 9.69. The Morgan fingerprint density at radius 2 is 2.18 bits per heavy atom. The van der Waals surface area contributed by atoms with Crippen LogP contribution in [0, 0.1) is 6.92 Å². The lowest BCUT2D eigenvalue weighted by molar-refractivity contribution is 0.123. The molecule has 0 spiro atoms. The molecule has 118 valence electrons. The minimum absolute atomic E-state index is 0.194. The van der Waals surface area contributed by atoms with E-state index in [-0.39, 0.29) is 6.10 Å². The summed E-state index contributed by atoms with van der Waals surface area (Å²) in [6, 6.07) is 6.97. The minimum Gasteiger partial charge on any atom is -0.472 e. The number of hydrogen-bond acceptors (Lipinski definition) is 6. The molecular formula is C14H17N3O3S2. The summed E-state index contributed by atoms with van der Waals surface area (Å²) in [6.45, 7) is 2.72. The van der Waals surface area contributed by atoms with Crippen molar-refractivity contribution < 1.29 is 13.2 Å². The predicted octanol–water partition coefficient (Wildman–Crippen LogP) is 2.08. The molecule has 0 aliphatic carbocycles. The highest BCUT2D eigenvalue weighted by Crippen LogP contribution is 2.25. The van der Waals surface area contributed by atoms with Gasteiger partial charge in [-0.05, 0) is 37.3 Å². The molecule has 3 rings (SSSR count). The maximum Gasteiger partial charge on any atom is 0.252 e. The van der Waals surface area contributed by atoms with Crippen molar-refractivity contribution in [2.24, 2.45) is 0 Å². The van der Waals surface area contributed by atoms with Gasteiger partial charge in [0.15, 0.2) is 0 Å². The zero-order valence-electron chi connectivity index (χ0n) is 12.2. The molecule has 0 aromatic carbocycles. The van der Waals surface area contributed by atoms with Crippen LogP contribution in [-0.2, 0) is 10.0 Å². The zero-order valence-corrected chi connectivity index (χ0v) is 13.8. The lowest BCUT2D eigenvalue weighted by Crippen LogP contribution is -2.44. The molecule has 0 radical (unpaired) electrons. The van der Waals surface area contributed by atoms with Crippen molar-refractivity contribution in [2.45, 2.75) is 30.1 Å².